The number of aliphatic imine (C=N–C) groups is 1. The number of sulfone groups is 1. The van der Waals surface area contributed by atoms with Crippen molar-refractivity contribution in [2.75, 3.05) is 18.1 Å². The van der Waals surface area contributed by atoms with E-state index in [2.05, 4.69) is 15.6 Å². The Balaban J connectivity index is 1.97. The number of rotatable bonds is 4. The summed E-state index contributed by atoms with van der Waals surface area (Å²) in [5.41, 5.74) is 0.896. The fourth-order valence-electron chi connectivity index (χ4n) is 2.18. The molecule has 7 heteroatoms. The zero-order valence-electron chi connectivity index (χ0n) is 12.0. The molecule has 1 heterocycles. The predicted octanol–water partition coefficient (Wildman–Crippen LogP) is 1.07. The summed E-state index contributed by atoms with van der Waals surface area (Å²) in [6, 6.07) is 6.06. The van der Waals surface area contributed by atoms with Gasteiger partial charge in [0.15, 0.2) is 15.8 Å². The predicted molar refractivity (Wildman–Crippen MR) is 81.4 cm³/mol. The Morgan fingerprint density at radius 1 is 1.38 bits per heavy atom. The Labute approximate surface area is 124 Å². The molecule has 0 spiro atoms. The number of nitrogens with one attached hydrogen (secondary N) is 2. The summed E-state index contributed by atoms with van der Waals surface area (Å²) in [7, 11) is -2.91. The van der Waals surface area contributed by atoms with Gasteiger partial charge in [-0.2, -0.15) is 0 Å². The molecule has 21 heavy (non-hydrogen) atoms. The van der Waals surface area contributed by atoms with Crippen molar-refractivity contribution in [1.82, 2.24) is 10.6 Å². The van der Waals surface area contributed by atoms with Crippen molar-refractivity contribution >= 4 is 15.8 Å². The summed E-state index contributed by atoms with van der Waals surface area (Å²) in [4.78, 5) is 4.40. The van der Waals surface area contributed by atoms with Crippen LogP contribution in [0, 0.1) is 5.82 Å². The van der Waals surface area contributed by atoms with Gasteiger partial charge in [-0.1, -0.05) is 12.1 Å². The minimum Gasteiger partial charge on any atom is -0.357 e. The molecule has 1 aliphatic heterocycles. The minimum atomic E-state index is -2.91. The number of hydrogen-bond donors (Lipinski definition) is 2. The van der Waals surface area contributed by atoms with Gasteiger partial charge in [-0.25, -0.2) is 17.8 Å². The lowest BCUT2D eigenvalue weighted by atomic mass is 10.2. The lowest BCUT2D eigenvalue weighted by molar-refractivity contribution is 0.599. The fourth-order valence-corrected chi connectivity index (χ4v) is 3.86. The normalized spacial score (nSPS) is 21.2. The summed E-state index contributed by atoms with van der Waals surface area (Å²) in [6.07, 6.45) is 0.600. The van der Waals surface area contributed by atoms with Gasteiger partial charge in [0.1, 0.15) is 5.82 Å². The Morgan fingerprint density at radius 3 is 2.67 bits per heavy atom. The molecule has 0 aliphatic carbocycles. The van der Waals surface area contributed by atoms with Crippen LogP contribution in [0.5, 0.6) is 0 Å². The lowest BCUT2D eigenvalue weighted by Gasteiger charge is -2.15. The molecule has 2 rings (SSSR count). The molecule has 5 nitrogen and oxygen atoms in total. The third-order valence-electron chi connectivity index (χ3n) is 3.25. The maximum Gasteiger partial charge on any atom is 0.191 e. The van der Waals surface area contributed by atoms with Crippen molar-refractivity contribution in [3.8, 4) is 0 Å². The van der Waals surface area contributed by atoms with Gasteiger partial charge in [-0.15, -0.1) is 0 Å². The zero-order valence-corrected chi connectivity index (χ0v) is 12.8. The zero-order chi connectivity index (χ0) is 15.3. The first-order chi connectivity index (χ1) is 9.98. The highest BCUT2D eigenvalue weighted by Crippen LogP contribution is 2.11. The highest BCUT2D eigenvalue weighted by molar-refractivity contribution is 7.91. The molecule has 0 saturated carbocycles. The van der Waals surface area contributed by atoms with Crippen LogP contribution in [-0.2, 0) is 16.4 Å². The molecule has 2 N–H and O–H groups in total. The maximum atomic E-state index is 12.8. The molecule has 1 aliphatic rings. The summed E-state index contributed by atoms with van der Waals surface area (Å²) in [5, 5.41) is 6.23. The van der Waals surface area contributed by atoms with Gasteiger partial charge in [0.05, 0.1) is 18.1 Å². The van der Waals surface area contributed by atoms with Gasteiger partial charge in [0.2, 0.25) is 0 Å². The summed E-state index contributed by atoms with van der Waals surface area (Å²) >= 11 is 0. The van der Waals surface area contributed by atoms with Crippen LogP contribution >= 0.6 is 0 Å². The van der Waals surface area contributed by atoms with Gasteiger partial charge in [0, 0.05) is 12.6 Å². The van der Waals surface area contributed by atoms with Crippen LogP contribution < -0.4 is 10.6 Å². The molecule has 116 valence electrons. The Hall–Kier alpha value is -1.63. The smallest absolute Gasteiger partial charge is 0.191 e. The van der Waals surface area contributed by atoms with E-state index >= 15 is 0 Å². The van der Waals surface area contributed by atoms with E-state index in [0.717, 1.165) is 5.56 Å². The summed E-state index contributed by atoms with van der Waals surface area (Å²) in [6.45, 7) is 3.05. The quantitative estimate of drug-likeness (QED) is 0.644. The van der Waals surface area contributed by atoms with Crippen molar-refractivity contribution in [2.24, 2.45) is 4.99 Å². The first-order valence-electron chi connectivity index (χ1n) is 6.98. The Kier molecular flexibility index (Phi) is 5.17. The van der Waals surface area contributed by atoms with E-state index in [1.54, 1.807) is 12.1 Å². The van der Waals surface area contributed by atoms with E-state index < -0.39 is 9.84 Å². The molecule has 0 aromatic heterocycles. The largest absolute Gasteiger partial charge is 0.357 e. The van der Waals surface area contributed by atoms with Crippen LogP contribution in [0.25, 0.3) is 0 Å². The van der Waals surface area contributed by atoms with E-state index in [0.29, 0.717) is 25.5 Å². The van der Waals surface area contributed by atoms with Gasteiger partial charge in [-0.3, -0.25) is 0 Å². The van der Waals surface area contributed by atoms with E-state index in [4.69, 9.17) is 0 Å². The van der Waals surface area contributed by atoms with Crippen LogP contribution in [0.2, 0.25) is 0 Å². The van der Waals surface area contributed by atoms with Crippen LogP contribution in [0.1, 0.15) is 18.9 Å². The number of benzene rings is 1. The number of hydrogen-bond acceptors (Lipinski definition) is 3. The Morgan fingerprint density at radius 2 is 2.10 bits per heavy atom. The van der Waals surface area contributed by atoms with E-state index in [9.17, 15) is 12.8 Å². The van der Waals surface area contributed by atoms with E-state index in [1.807, 2.05) is 6.92 Å². The molecule has 0 bridgehead atoms. The van der Waals surface area contributed by atoms with Gasteiger partial charge >= 0.3 is 0 Å². The summed E-state index contributed by atoms with van der Waals surface area (Å²) in [5.74, 6) is 0.684. The second-order valence-corrected chi connectivity index (χ2v) is 7.29. The molecule has 1 aromatic carbocycles. The standard InChI is InChI=1S/C14H20FN3O2S/c1-2-16-14(18-13-7-8-21(19,20)10-13)17-9-11-3-5-12(15)6-4-11/h3-6,13H,2,7-10H2,1H3,(H2,16,17,18). The number of guanidine groups is 1. The van der Waals surface area contributed by atoms with Gasteiger partial charge < -0.3 is 10.6 Å². The molecule has 1 atom stereocenters. The van der Waals surface area contributed by atoms with Crippen molar-refractivity contribution in [3.63, 3.8) is 0 Å². The van der Waals surface area contributed by atoms with E-state index in [-0.39, 0.29) is 23.4 Å². The minimum absolute atomic E-state index is 0.0963. The van der Waals surface area contributed by atoms with Gasteiger partial charge in [0.25, 0.3) is 0 Å². The highest BCUT2D eigenvalue weighted by atomic mass is 32.2. The van der Waals surface area contributed by atoms with Crippen molar-refractivity contribution in [3.05, 3.63) is 35.6 Å². The van der Waals surface area contributed by atoms with Crippen LogP contribution in [0.15, 0.2) is 29.3 Å². The monoisotopic (exact) mass is 313 g/mol. The van der Waals surface area contributed by atoms with Crippen molar-refractivity contribution in [1.29, 1.82) is 0 Å². The third kappa shape index (κ3) is 5.00. The topological polar surface area (TPSA) is 70.6 Å². The second kappa shape index (κ2) is 6.89. The van der Waals surface area contributed by atoms with Crippen LogP contribution in [-0.4, -0.2) is 38.5 Å². The highest BCUT2D eigenvalue weighted by Gasteiger charge is 2.28. The molecular weight excluding hydrogens is 293 g/mol. The first kappa shape index (κ1) is 15.8. The van der Waals surface area contributed by atoms with Crippen molar-refractivity contribution < 1.29 is 12.8 Å². The average molecular weight is 313 g/mol. The van der Waals surface area contributed by atoms with E-state index in [1.165, 1.54) is 12.1 Å². The third-order valence-corrected chi connectivity index (χ3v) is 5.02. The SMILES string of the molecule is CCNC(=NCc1ccc(F)cc1)NC1CCS(=O)(=O)C1. The second-order valence-electron chi connectivity index (χ2n) is 5.07. The number of nitrogens with zero attached hydrogens (tertiary/aromatic N) is 1. The van der Waals surface area contributed by atoms with Gasteiger partial charge in [-0.05, 0) is 31.0 Å². The molecule has 1 unspecified atom stereocenters. The van der Waals surface area contributed by atoms with Crippen LogP contribution in [0.3, 0.4) is 0 Å². The van der Waals surface area contributed by atoms with Crippen LogP contribution in [0.4, 0.5) is 4.39 Å². The lowest BCUT2D eigenvalue weighted by Crippen LogP contribution is -2.44. The molecule has 1 fully saturated rings. The Bertz CT molecular complexity index is 599. The fraction of sp³-hybridized carbons (Fsp3) is 0.500. The molecule has 0 radical (unpaired) electrons. The van der Waals surface area contributed by atoms with Crippen molar-refractivity contribution in [2.45, 2.75) is 25.9 Å². The summed E-state index contributed by atoms with van der Waals surface area (Å²) < 4.78 is 35.7. The first-order valence-corrected chi connectivity index (χ1v) is 8.80. The number of halogens is 1. The maximum absolute atomic E-state index is 12.8. The average Bonchev–Trinajstić information content (AvgIpc) is 2.77. The molecule has 1 saturated heterocycles. The molecule has 0 amide bonds. The molecule has 1 aromatic rings. The molecular formula is C14H20FN3O2S.